The van der Waals surface area contributed by atoms with Gasteiger partial charge in [-0.2, -0.15) is 0 Å². The molecule has 8 heteroatoms. The number of amides is 3. The number of anilines is 2. The second-order valence-electron chi connectivity index (χ2n) is 6.42. The van der Waals surface area contributed by atoms with E-state index in [4.69, 9.17) is 4.74 Å². The molecule has 1 aromatic rings. The normalized spacial score (nSPS) is 20.9. The molecule has 0 aromatic carbocycles. The SMILES string of the molecule is CC(=O)N[C@@H]1CCCN(C(=O)Nc2ccc(N3CCOCC3)nc2)C1. The van der Waals surface area contributed by atoms with Gasteiger partial charge in [0.25, 0.3) is 0 Å². The van der Waals surface area contributed by atoms with E-state index >= 15 is 0 Å². The monoisotopic (exact) mass is 347 g/mol. The zero-order chi connectivity index (χ0) is 17.6. The maximum Gasteiger partial charge on any atom is 0.321 e. The van der Waals surface area contributed by atoms with Gasteiger partial charge in [-0.25, -0.2) is 9.78 Å². The molecule has 8 nitrogen and oxygen atoms in total. The summed E-state index contributed by atoms with van der Waals surface area (Å²) in [5.41, 5.74) is 0.670. The lowest BCUT2D eigenvalue weighted by Gasteiger charge is -2.33. The lowest BCUT2D eigenvalue weighted by molar-refractivity contribution is -0.119. The van der Waals surface area contributed by atoms with Crippen LogP contribution in [0.1, 0.15) is 19.8 Å². The summed E-state index contributed by atoms with van der Waals surface area (Å²) in [6.07, 6.45) is 3.46. The van der Waals surface area contributed by atoms with Gasteiger partial charge in [0, 0.05) is 39.1 Å². The molecule has 0 unspecified atom stereocenters. The molecule has 1 aromatic heterocycles. The fourth-order valence-electron chi connectivity index (χ4n) is 3.21. The molecule has 3 amide bonds. The van der Waals surface area contributed by atoms with Crippen LogP contribution in [-0.2, 0) is 9.53 Å². The van der Waals surface area contributed by atoms with Gasteiger partial charge in [0.1, 0.15) is 5.82 Å². The van der Waals surface area contributed by atoms with Crippen molar-refractivity contribution in [2.75, 3.05) is 49.6 Å². The van der Waals surface area contributed by atoms with Crippen molar-refractivity contribution in [2.24, 2.45) is 0 Å². The molecular weight excluding hydrogens is 322 g/mol. The number of ether oxygens (including phenoxy) is 1. The quantitative estimate of drug-likeness (QED) is 0.853. The number of hydrogen-bond acceptors (Lipinski definition) is 5. The zero-order valence-corrected chi connectivity index (χ0v) is 14.5. The van der Waals surface area contributed by atoms with Crippen molar-refractivity contribution in [2.45, 2.75) is 25.8 Å². The topological polar surface area (TPSA) is 86.8 Å². The van der Waals surface area contributed by atoms with E-state index in [0.29, 0.717) is 32.0 Å². The number of likely N-dealkylation sites (tertiary alicyclic amines) is 1. The van der Waals surface area contributed by atoms with Crippen LogP contribution in [0.3, 0.4) is 0 Å². The third-order valence-electron chi connectivity index (χ3n) is 4.45. The second kappa shape index (κ2) is 8.15. The number of carbonyl (C=O) groups excluding carboxylic acids is 2. The van der Waals surface area contributed by atoms with Crippen molar-refractivity contribution in [1.82, 2.24) is 15.2 Å². The summed E-state index contributed by atoms with van der Waals surface area (Å²) in [7, 11) is 0. The third kappa shape index (κ3) is 4.82. The Morgan fingerprint density at radius 2 is 2.04 bits per heavy atom. The summed E-state index contributed by atoms with van der Waals surface area (Å²) in [6.45, 7) is 5.82. The van der Waals surface area contributed by atoms with Crippen molar-refractivity contribution in [1.29, 1.82) is 0 Å². The molecule has 2 saturated heterocycles. The van der Waals surface area contributed by atoms with Crippen LogP contribution < -0.4 is 15.5 Å². The Morgan fingerprint density at radius 3 is 2.72 bits per heavy atom. The standard InChI is InChI=1S/C17H25N5O3/c1-13(23)19-15-3-2-6-22(12-15)17(24)20-14-4-5-16(18-11-14)21-7-9-25-10-8-21/h4-5,11,15H,2-3,6-10,12H2,1H3,(H,19,23)(H,20,24)/t15-/m1/s1. The molecule has 0 spiro atoms. The first-order valence-corrected chi connectivity index (χ1v) is 8.73. The van der Waals surface area contributed by atoms with E-state index in [2.05, 4.69) is 20.5 Å². The van der Waals surface area contributed by atoms with Gasteiger partial charge in [-0.05, 0) is 25.0 Å². The number of carbonyl (C=O) groups is 2. The molecule has 2 N–H and O–H groups in total. The number of piperidine rings is 1. The maximum absolute atomic E-state index is 12.4. The van der Waals surface area contributed by atoms with Crippen LogP contribution in [0.5, 0.6) is 0 Å². The van der Waals surface area contributed by atoms with Crippen LogP contribution in [0.25, 0.3) is 0 Å². The summed E-state index contributed by atoms with van der Waals surface area (Å²) in [5, 5.41) is 5.77. The number of rotatable bonds is 3. The predicted octanol–water partition coefficient (Wildman–Crippen LogP) is 1.05. The number of urea groups is 1. The van der Waals surface area contributed by atoms with Gasteiger partial charge in [0.05, 0.1) is 25.1 Å². The maximum atomic E-state index is 12.4. The third-order valence-corrected chi connectivity index (χ3v) is 4.45. The number of pyridine rings is 1. The Bertz CT molecular complexity index is 601. The minimum Gasteiger partial charge on any atom is -0.378 e. The smallest absolute Gasteiger partial charge is 0.321 e. The molecule has 3 heterocycles. The average Bonchev–Trinajstić information content (AvgIpc) is 2.63. The molecule has 0 radical (unpaired) electrons. The highest BCUT2D eigenvalue weighted by Gasteiger charge is 2.24. The van der Waals surface area contributed by atoms with Gasteiger partial charge in [0.2, 0.25) is 5.91 Å². The minimum absolute atomic E-state index is 0.0267. The fourth-order valence-corrected chi connectivity index (χ4v) is 3.21. The molecule has 2 aliphatic heterocycles. The van der Waals surface area contributed by atoms with Crippen LogP contribution >= 0.6 is 0 Å². The lowest BCUT2D eigenvalue weighted by Crippen LogP contribution is -2.50. The van der Waals surface area contributed by atoms with Crippen LogP contribution in [-0.4, -0.2) is 67.3 Å². The number of nitrogens with zero attached hydrogens (tertiary/aromatic N) is 3. The Kier molecular flexibility index (Phi) is 5.70. The van der Waals surface area contributed by atoms with Gasteiger partial charge in [-0.3, -0.25) is 4.79 Å². The largest absolute Gasteiger partial charge is 0.378 e. The average molecular weight is 347 g/mol. The van der Waals surface area contributed by atoms with Crippen molar-refractivity contribution in [3.8, 4) is 0 Å². The second-order valence-corrected chi connectivity index (χ2v) is 6.42. The van der Waals surface area contributed by atoms with E-state index in [9.17, 15) is 9.59 Å². The summed E-state index contributed by atoms with van der Waals surface area (Å²) in [6, 6.07) is 3.65. The van der Waals surface area contributed by atoms with Crippen molar-refractivity contribution < 1.29 is 14.3 Å². The predicted molar refractivity (Wildman–Crippen MR) is 94.7 cm³/mol. The van der Waals surface area contributed by atoms with E-state index in [1.165, 1.54) is 6.92 Å². The highest BCUT2D eigenvalue weighted by molar-refractivity contribution is 5.89. The number of hydrogen-bond donors (Lipinski definition) is 2. The molecule has 0 saturated carbocycles. The Balaban J connectivity index is 1.54. The molecule has 2 aliphatic rings. The van der Waals surface area contributed by atoms with E-state index in [1.54, 1.807) is 11.1 Å². The molecule has 2 fully saturated rings. The number of nitrogens with one attached hydrogen (secondary N) is 2. The van der Waals surface area contributed by atoms with Gasteiger partial charge in [0.15, 0.2) is 0 Å². The Morgan fingerprint density at radius 1 is 1.24 bits per heavy atom. The van der Waals surface area contributed by atoms with Gasteiger partial charge < -0.3 is 25.2 Å². The van der Waals surface area contributed by atoms with Crippen molar-refractivity contribution in [3.05, 3.63) is 18.3 Å². The fraction of sp³-hybridized carbons (Fsp3) is 0.588. The molecule has 136 valence electrons. The first-order chi connectivity index (χ1) is 12.1. The van der Waals surface area contributed by atoms with Crippen LogP contribution in [0.2, 0.25) is 0 Å². The summed E-state index contributed by atoms with van der Waals surface area (Å²) in [4.78, 5) is 32.0. The van der Waals surface area contributed by atoms with Crippen LogP contribution in [0.4, 0.5) is 16.3 Å². The first kappa shape index (κ1) is 17.5. The number of morpholine rings is 1. The Labute approximate surface area is 147 Å². The van der Waals surface area contributed by atoms with Gasteiger partial charge >= 0.3 is 6.03 Å². The van der Waals surface area contributed by atoms with Gasteiger partial charge in [-0.15, -0.1) is 0 Å². The van der Waals surface area contributed by atoms with Crippen LogP contribution in [0, 0.1) is 0 Å². The highest BCUT2D eigenvalue weighted by atomic mass is 16.5. The summed E-state index contributed by atoms with van der Waals surface area (Å²) < 4.78 is 5.34. The summed E-state index contributed by atoms with van der Waals surface area (Å²) >= 11 is 0. The summed E-state index contributed by atoms with van der Waals surface area (Å²) in [5.74, 6) is 0.833. The Hall–Kier alpha value is -2.35. The first-order valence-electron chi connectivity index (χ1n) is 8.73. The molecular formula is C17H25N5O3. The van der Waals surface area contributed by atoms with E-state index < -0.39 is 0 Å². The molecule has 0 bridgehead atoms. The highest BCUT2D eigenvalue weighted by Crippen LogP contribution is 2.17. The van der Waals surface area contributed by atoms with Crippen molar-refractivity contribution in [3.63, 3.8) is 0 Å². The van der Waals surface area contributed by atoms with Gasteiger partial charge in [-0.1, -0.05) is 0 Å². The van der Waals surface area contributed by atoms with E-state index in [0.717, 1.165) is 31.7 Å². The van der Waals surface area contributed by atoms with Crippen LogP contribution in [0.15, 0.2) is 18.3 Å². The number of aromatic nitrogens is 1. The zero-order valence-electron chi connectivity index (χ0n) is 14.5. The molecule has 3 rings (SSSR count). The molecule has 25 heavy (non-hydrogen) atoms. The van der Waals surface area contributed by atoms with E-state index in [1.807, 2.05) is 12.1 Å². The molecule has 0 aliphatic carbocycles. The lowest BCUT2D eigenvalue weighted by atomic mass is 10.1. The minimum atomic E-state index is -0.157. The van der Waals surface area contributed by atoms with E-state index in [-0.39, 0.29) is 18.0 Å². The molecule has 1 atom stereocenters. The van der Waals surface area contributed by atoms with Crippen molar-refractivity contribution >= 4 is 23.4 Å².